The van der Waals surface area contributed by atoms with Crippen molar-refractivity contribution in [2.45, 2.75) is 30.8 Å². The Morgan fingerprint density at radius 3 is 2.69 bits per heavy atom. The Morgan fingerprint density at radius 1 is 1.38 bits per heavy atom. The monoisotopic (exact) mass is 194 g/mol. The molecule has 0 radical (unpaired) electrons. The normalized spacial score (nSPS) is 15.8. The lowest BCUT2D eigenvalue weighted by molar-refractivity contribution is 0.301. The standard InChI is InChI=1S/C11H14OS/c1-8-7-10(13-2)5-6-11(8)12-9-3-4-9/h5-7,9H,3-4H2,1-2H3. The van der Waals surface area contributed by atoms with Crippen molar-refractivity contribution in [1.82, 2.24) is 0 Å². The first-order chi connectivity index (χ1) is 6.29. The summed E-state index contributed by atoms with van der Waals surface area (Å²) in [5, 5.41) is 0. The third-order valence-corrected chi connectivity index (χ3v) is 2.93. The fourth-order valence-electron chi connectivity index (χ4n) is 1.25. The van der Waals surface area contributed by atoms with Gasteiger partial charge in [-0.2, -0.15) is 0 Å². The second kappa shape index (κ2) is 3.62. The fraction of sp³-hybridized carbons (Fsp3) is 0.455. The van der Waals surface area contributed by atoms with E-state index in [9.17, 15) is 0 Å². The van der Waals surface area contributed by atoms with Crippen LogP contribution >= 0.6 is 11.8 Å². The Kier molecular flexibility index (Phi) is 2.49. The van der Waals surface area contributed by atoms with Crippen molar-refractivity contribution in [1.29, 1.82) is 0 Å². The molecule has 0 unspecified atom stereocenters. The smallest absolute Gasteiger partial charge is 0.122 e. The van der Waals surface area contributed by atoms with E-state index in [0.717, 1.165) is 5.75 Å². The number of hydrogen-bond acceptors (Lipinski definition) is 2. The molecule has 0 aromatic heterocycles. The van der Waals surface area contributed by atoms with Gasteiger partial charge in [0.15, 0.2) is 0 Å². The van der Waals surface area contributed by atoms with Crippen LogP contribution in [0.1, 0.15) is 18.4 Å². The summed E-state index contributed by atoms with van der Waals surface area (Å²) in [6.45, 7) is 2.11. The van der Waals surface area contributed by atoms with E-state index in [2.05, 4.69) is 31.4 Å². The van der Waals surface area contributed by atoms with Gasteiger partial charge in [-0.1, -0.05) is 0 Å². The molecule has 0 heterocycles. The van der Waals surface area contributed by atoms with Gasteiger partial charge in [0.2, 0.25) is 0 Å². The molecule has 0 amide bonds. The Balaban J connectivity index is 2.15. The largest absolute Gasteiger partial charge is 0.490 e. The van der Waals surface area contributed by atoms with E-state index in [1.54, 1.807) is 11.8 Å². The first kappa shape index (κ1) is 8.95. The molecule has 13 heavy (non-hydrogen) atoms. The minimum atomic E-state index is 0.499. The summed E-state index contributed by atoms with van der Waals surface area (Å²) in [5.74, 6) is 1.06. The highest BCUT2D eigenvalue weighted by Gasteiger charge is 2.23. The summed E-state index contributed by atoms with van der Waals surface area (Å²) in [4.78, 5) is 1.31. The summed E-state index contributed by atoms with van der Waals surface area (Å²) in [6, 6.07) is 6.39. The zero-order valence-electron chi connectivity index (χ0n) is 8.04. The molecule has 0 atom stereocenters. The average Bonchev–Trinajstić information content (AvgIpc) is 2.92. The van der Waals surface area contributed by atoms with Gasteiger partial charge in [-0.25, -0.2) is 0 Å². The number of hydrogen-bond donors (Lipinski definition) is 0. The van der Waals surface area contributed by atoms with Gasteiger partial charge in [-0.3, -0.25) is 0 Å². The lowest BCUT2D eigenvalue weighted by Crippen LogP contribution is -1.97. The molecule has 0 bridgehead atoms. The highest BCUT2D eigenvalue weighted by Crippen LogP contribution is 2.30. The maximum Gasteiger partial charge on any atom is 0.122 e. The average molecular weight is 194 g/mol. The minimum absolute atomic E-state index is 0.499. The van der Waals surface area contributed by atoms with Crippen molar-refractivity contribution in [2.24, 2.45) is 0 Å². The van der Waals surface area contributed by atoms with Crippen molar-refractivity contribution in [2.75, 3.05) is 6.26 Å². The van der Waals surface area contributed by atoms with Crippen molar-refractivity contribution >= 4 is 11.8 Å². The third kappa shape index (κ3) is 2.19. The van der Waals surface area contributed by atoms with E-state index >= 15 is 0 Å². The van der Waals surface area contributed by atoms with Gasteiger partial charge in [-0.15, -0.1) is 11.8 Å². The Bertz CT molecular complexity index is 305. The second-order valence-electron chi connectivity index (χ2n) is 3.45. The molecule has 0 spiro atoms. The topological polar surface area (TPSA) is 9.23 Å². The zero-order chi connectivity index (χ0) is 9.26. The highest BCUT2D eigenvalue weighted by atomic mass is 32.2. The first-order valence-electron chi connectivity index (χ1n) is 4.61. The molecule has 0 aliphatic heterocycles. The second-order valence-corrected chi connectivity index (χ2v) is 4.33. The molecular weight excluding hydrogens is 180 g/mol. The summed E-state index contributed by atoms with van der Waals surface area (Å²) in [5.41, 5.74) is 1.25. The maximum absolute atomic E-state index is 5.75. The molecule has 2 heteroatoms. The van der Waals surface area contributed by atoms with Gasteiger partial charge in [-0.05, 0) is 49.8 Å². The molecule has 1 aliphatic carbocycles. The van der Waals surface area contributed by atoms with Crippen LogP contribution in [-0.2, 0) is 0 Å². The van der Waals surface area contributed by atoms with Gasteiger partial charge in [0.25, 0.3) is 0 Å². The highest BCUT2D eigenvalue weighted by molar-refractivity contribution is 7.98. The molecule has 1 aromatic rings. The van der Waals surface area contributed by atoms with Gasteiger partial charge in [0, 0.05) is 4.90 Å². The van der Waals surface area contributed by atoms with E-state index < -0.39 is 0 Å². The molecule has 1 nitrogen and oxygen atoms in total. The molecule has 1 aromatic carbocycles. The molecule has 1 fully saturated rings. The lowest BCUT2D eigenvalue weighted by Gasteiger charge is -2.08. The van der Waals surface area contributed by atoms with Crippen LogP contribution in [0.3, 0.4) is 0 Å². The summed E-state index contributed by atoms with van der Waals surface area (Å²) in [7, 11) is 0. The number of benzene rings is 1. The number of aryl methyl sites for hydroxylation is 1. The Labute approximate surface area is 83.5 Å². The van der Waals surface area contributed by atoms with Crippen LogP contribution in [0, 0.1) is 6.92 Å². The summed E-state index contributed by atoms with van der Waals surface area (Å²) >= 11 is 1.77. The van der Waals surface area contributed by atoms with Gasteiger partial charge in [0.05, 0.1) is 6.10 Å². The van der Waals surface area contributed by atoms with Crippen LogP contribution in [0.2, 0.25) is 0 Å². The van der Waals surface area contributed by atoms with E-state index in [1.807, 2.05) is 0 Å². The Hall–Kier alpha value is -0.630. The zero-order valence-corrected chi connectivity index (χ0v) is 8.86. The van der Waals surface area contributed by atoms with E-state index in [0.29, 0.717) is 6.10 Å². The van der Waals surface area contributed by atoms with Gasteiger partial charge < -0.3 is 4.74 Å². The first-order valence-corrected chi connectivity index (χ1v) is 5.83. The van der Waals surface area contributed by atoms with E-state index in [-0.39, 0.29) is 0 Å². The Morgan fingerprint density at radius 2 is 2.15 bits per heavy atom. The van der Waals surface area contributed by atoms with Gasteiger partial charge >= 0.3 is 0 Å². The molecule has 1 aliphatic rings. The van der Waals surface area contributed by atoms with Gasteiger partial charge in [0.1, 0.15) is 5.75 Å². The maximum atomic E-state index is 5.75. The van der Waals surface area contributed by atoms with Crippen molar-refractivity contribution in [3.8, 4) is 5.75 Å². The lowest BCUT2D eigenvalue weighted by atomic mass is 10.2. The van der Waals surface area contributed by atoms with Crippen molar-refractivity contribution in [3.63, 3.8) is 0 Å². The van der Waals surface area contributed by atoms with Crippen LogP contribution in [0.5, 0.6) is 5.75 Å². The molecule has 0 N–H and O–H groups in total. The minimum Gasteiger partial charge on any atom is -0.490 e. The molecular formula is C11H14OS. The van der Waals surface area contributed by atoms with Crippen molar-refractivity contribution in [3.05, 3.63) is 23.8 Å². The summed E-state index contributed by atoms with van der Waals surface area (Å²) < 4.78 is 5.75. The van der Waals surface area contributed by atoms with Crippen molar-refractivity contribution < 1.29 is 4.74 Å². The van der Waals surface area contributed by atoms with Crippen LogP contribution in [0.15, 0.2) is 23.1 Å². The van der Waals surface area contributed by atoms with Crippen LogP contribution < -0.4 is 4.74 Å². The number of ether oxygens (including phenoxy) is 1. The molecule has 0 saturated heterocycles. The molecule has 2 rings (SSSR count). The molecule has 1 saturated carbocycles. The predicted molar refractivity (Wildman–Crippen MR) is 56.6 cm³/mol. The summed E-state index contributed by atoms with van der Waals surface area (Å²) in [6.07, 6.45) is 5.04. The molecule has 70 valence electrons. The predicted octanol–water partition coefficient (Wildman–Crippen LogP) is 3.26. The number of rotatable bonds is 3. The number of thioether (sulfide) groups is 1. The van der Waals surface area contributed by atoms with E-state index in [4.69, 9.17) is 4.74 Å². The fourth-order valence-corrected chi connectivity index (χ4v) is 1.75. The third-order valence-electron chi connectivity index (χ3n) is 2.20. The van der Waals surface area contributed by atoms with Crippen LogP contribution in [-0.4, -0.2) is 12.4 Å². The van der Waals surface area contributed by atoms with Crippen LogP contribution in [0.4, 0.5) is 0 Å². The van der Waals surface area contributed by atoms with Crippen LogP contribution in [0.25, 0.3) is 0 Å². The van der Waals surface area contributed by atoms with E-state index in [1.165, 1.54) is 23.3 Å². The SMILES string of the molecule is CSc1ccc(OC2CC2)c(C)c1. The quantitative estimate of drug-likeness (QED) is 0.683.